The van der Waals surface area contributed by atoms with Crippen LogP contribution in [0.25, 0.3) is 0 Å². The van der Waals surface area contributed by atoms with Crippen molar-refractivity contribution < 1.29 is 14.3 Å². The van der Waals surface area contributed by atoms with Crippen molar-refractivity contribution in [3.63, 3.8) is 0 Å². The molecule has 11 heavy (non-hydrogen) atoms. The van der Waals surface area contributed by atoms with Crippen LogP contribution >= 0.6 is 11.6 Å². The van der Waals surface area contributed by atoms with E-state index in [1.54, 1.807) is 0 Å². The van der Waals surface area contributed by atoms with Crippen molar-refractivity contribution in [1.82, 2.24) is 5.32 Å². The Labute approximate surface area is 68.8 Å². The van der Waals surface area contributed by atoms with Crippen LogP contribution < -0.4 is 5.32 Å². The van der Waals surface area contributed by atoms with Crippen LogP contribution in [0.1, 0.15) is 12.8 Å². The van der Waals surface area contributed by atoms with Gasteiger partial charge in [-0.05, 0) is 6.42 Å². The van der Waals surface area contributed by atoms with Crippen molar-refractivity contribution in [3.8, 4) is 0 Å². The molecule has 0 spiro atoms. The van der Waals surface area contributed by atoms with Gasteiger partial charge in [-0.25, -0.2) is 4.79 Å². The summed E-state index contributed by atoms with van der Waals surface area (Å²) in [6, 6.07) is -0.646. The van der Waals surface area contributed by atoms with Gasteiger partial charge in [-0.15, -0.1) is 0 Å². The number of ether oxygens (including phenoxy) is 1. The summed E-state index contributed by atoms with van der Waals surface area (Å²) in [4.78, 5) is 21.5. The second kappa shape index (κ2) is 3.57. The van der Waals surface area contributed by atoms with Gasteiger partial charge in [0.05, 0.1) is 0 Å². The van der Waals surface area contributed by atoms with E-state index in [0.29, 0.717) is 12.8 Å². The molecule has 1 heterocycles. The Hall–Kier alpha value is -0.770. The second-order valence-corrected chi connectivity index (χ2v) is 2.45. The molecule has 1 fully saturated rings. The minimum atomic E-state index is -0.485. The molecule has 1 amide bonds. The van der Waals surface area contributed by atoms with E-state index in [2.05, 4.69) is 10.1 Å². The van der Waals surface area contributed by atoms with Crippen LogP contribution in [0, 0.1) is 0 Å². The highest BCUT2D eigenvalue weighted by Crippen LogP contribution is 2.07. The van der Waals surface area contributed by atoms with Crippen molar-refractivity contribution >= 4 is 23.5 Å². The van der Waals surface area contributed by atoms with Crippen molar-refractivity contribution in [2.24, 2.45) is 0 Å². The Morgan fingerprint density at radius 1 is 1.82 bits per heavy atom. The molecule has 1 saturated heterocycles. The largest absolute Gasteiger partial charge is 0.448 e. The summed E-state index contributed by atoms with van der Waals surface area (Å²) < 4.78 is 4.49. The lowest BCUT2D eigenvalue weighted by molar-refractivity contribution is -0.144. The molecule has 1 aliphatic rings. The first-order valence-corrected chi connectivity index (χ1v) is 3.79. The Bertz CT molecular complexity index is 183. The molecule has 62 valence electrons. The number of amides is 1. The minimum Gasteiger partial charge on any atom is -0.448 e. The molecule has 0 bridgehead atoms. The molecule has 5 heteroatoms. The van der Waals surface area contributed by atoms with E-state index < -0.39 is 12.0 Å². The van der Waals surface area contributed by atoms with E-state index in [-0.39, 0.29) is 12.0 Å². The zero-order chi connectivity index (χ0) is 8.27. The lowest BCUT2D eigenvalue weighted by Gasteiger charge is -2.06. The summed E-state index contributed by atoms with van der Waals surface area (Å²) in [5.41, 5.74) is 0. The van der Waals surface area contributed by atoms with Gasteiger partial charge in [0.1, 0.15) is 6.04 Å². The Morgan fingerprint density at radius 2 is 2.55 bits per heavy atom. The van der Waals surface area contributed by atoms with Gasteiger partial charge in [0.15, 0.2) is 6.07 Å². The number of esters is 1. The van der Waals surface area contributed by atoms with Gasteiger partial charge in [-0.2, -0.15) is 0 Å². The first-order valence-electron chi connectivity index (χ1n) is 3.26. The van der Waals surface area contributed by atoms with E-state index in [9.17, 15) is 9.59 Å². The Kier molecular flexibility index (Phi) is 2.70. The zero-order valence-electron chi connectivity index (χ0n) is 5.80. The molecule has 0 aromatic heterocycles. The van der Waals surface area contributed by atoms with Crippen molar-refractivity contribution in [2.75, 3.05) is 6.07 Å². The maximum absolute atomic E-state index is 10.9. The molecule has 0 saturated carbocycles. The number of alkyl halides is 1. The lowest BCUT2D eigenvalue weighted by Crippen LogP contribution is -2.34. The van der Waals surface area contributed by atoms with Crippen LogP contribution in [0.2, 0.25) is 0 Å². The van der Waals surface area contributed by atoms with Gasteiger partial charge in [-0.1, -0.05) is 11.6 Å². The Morgan fingerprint density at radius 3 is 3.00 bits per heavy atom. The SMILES string of the molecule is O=C1CC[C@H](C(=O)OCCl)N1. The predicted octanol–water partition coefficient (Wildman–Crippen LogP) is 0.00450. The highest BCUT2D eigenvalue weighted by molar-refractivity contribution is 6.17. The zero-order valence-corrected chi connectivity index (χ0v) is 6.56. The summed E-state index contributed by atoms with van der Waals surface area (Å²) >= 11 is 5.16. The summed E-state index contributed by atoms with van der Waals surface area (Å²) in [7, 11) is 0. The normalized spacial score (nSPS) is 23.0. The van der Waals surface area contributed by atoms with Crippen molar-refractivity contribution in [2.45, 2.75) is 18.9 Å². The van der Waals surface area contributed by atoms with Gasteiger partial charge in [-0.3, -0.25) is 4.79 Å². The molecule has 1 atom stereocenters. The molecule has 0 unspecified atom stereocenters. The molecule has 0 aromatic carbocycles. The van der Waals surface area contributed by atoms with Gasteiger partial charge in [0, 0.05) is 6.42 Å². The van der Waals surface area contributed by atoms with E-state index in [4.69, 9.17) is 11.6 Å². The Balaban J connectivity index is 2.37. The topological polar surface area (TPSA) is 55.4 Å². The number of rotatable bonds is 2. The van der Waals surface area contributed by atoms with Crippen LogP contribution in [-0.2, 0) is 14.3 Å². The van der Waals surface area contributed by atoms with E-state index in [0.717, 1.165) is 0 Å². The van der Waals surface area contributed by atoms with Crippen LogP contribution in [0.3, 0.4) is 0 Å². The van der Waals surface area contributed by atoms with Gasteiger partial charge < -0.3 is 10.1 Å². The van der Waals surface area contributed by atoms with E-state index in [1.807, 2.05) is 0 Å². The van der Waals surface area contributed by atoms with Crippen LogP contribution in [0.5, 0.6) is 0 Å². The third-order valence-electron chi connectivity index (χ3n) is 1.48. The fourth-order valence-electron chi connectivity index (χ4n) is 0.945. The van der Waals surface area contributed by atoms with Crippen LogP contribution in [0.4, 0.5) is 0 Å². The standard InChI is InChI=1S/C6H8ClNO3/c7-3-11-6(10)4-1-2-5(9)8-4/h4H,1-3H2,(H,8,9)/t4-/m1/s1. The minimum absolute atomic E-state index is 0.110. The van der Waals surface area contributed by atoms with E-state index >= 15 is 0 Å². The molecule has 1 aliphatic heterocycles. The lowest BCUT2D eigenvalue weighted by atomic mass is 10.2. The fraction of sp³-hybridized carbons (Fsp3) is 0.667. The molecule has 1 N–H and O–H groups in total. The molecule has 0 aliphatic carbocycles. The summed E-state index contributed by atoms with van der Waals surface area (Å²) in [5, 5.41) is 2.47. The number of nitrogens with one attached hydrogen (secondary N) is 1. The third-order valence-corrected chi connectivity index (χ3v) is 1.59. The summed E-state index contributed by atoms with van der Waals surface area (Å²) in [5.74, 6) is -0.563. The molecule has 1 rings (SSSR count). The molecule has 0 radical (unpaired) electrons. The number of carbonyl (C=O) groups excluding carboxylic acids is 2. The fourth-order valence-corrected chi connectivity index (χ4v) is 1.05. The van der Waals surface area contributed by atoms with Crippen LogP contribution in [-0.4, -0.2) is 24.0 Å². The maximum atomic E-state index is 10.9. The molecular formula is C6H8ClNO3. The van der Waals surface area contributed by atoms with Crippen LogP contribution in [0.15, 0.2) is 0 Å². The van der Waals surface area contributed by atoms with Gasteiger partial charge in [0.2, 0.25) is 5.91 Å². The number of hydrogen-bond donors (Lipinski definition) is 1. The number of hydrogen-bond acceptors (Lipinski definition) is 3. The van der Waals surface area contributed by atoms with Crippen molar-refractivity contribution in [1.29, 1.82) is 0 Å². The van der Waals surface area contributed by atoms with E-state index in [1.165, 1.54) is 0 Å². The third kappa shape index (κ3) is 2.08. The smallest absolute Gasteiger partial charge is 0.329 e. The summed E-state index contributed by atoms with van der Waals surface area (Å²) in [6.07, 6.45) is 0.899. The average Bonchev–Trinajstić information content (AvgIpc) is 2.36. The predicted molar refractivity (Wildman–Crippen MR) is 38.0 cm³/mol. The number of halogens is 1. The van der Waals surface area contributed by atoms with Gasteiger partial charge in [0.25, 0.3) is 0 Å². The first kappa shape index (κ1) is 8.33. The molecule has 4 nitrogen and oxygen atoms in total. The monoisotopic (exact) mass is 177 g/mol. The van der Waals surface area contributed by atoms with Crippen molar-refractivity contribution in [3.05, 3.63) is 0 Å². The highest BCUT2D eigenvalue weighted by Gasteiger charge is 2.27. The molecule has 0 aromatic rings. The summed E-state index contributed by atoms with van der Waals surface area (Å²) in [6.45, 7) is 0. The first-order chi connectivity index (χ1) is 5.24. The quantitative estimate of drug-likeness (QED) is 0.477. The number of carbonyl (C=O) groups is 2. The maximum Gasteiger partial charge on any atom is 0.329 e. The second-order valence-electron chi connectivity index (χ2n) is 2.23. The van der Waals surface area contributed by atoms with Gasteiger partial charge >= 0.3 is 5.97 Å². The molecular weight excluding hydrogens is 170 g/mol. The highest BCUT2D eigenvalue weighted by atomic mass is 35.5. The average molecular weight is 178 g/mol.